The molecule has 0 saturated heterocycles. The van der Waals surface area contributed by atoms with Gasteiger partial charge in [-0.3, -0.25) is 9.78 Å². The summed E-state index contributed by atoms with van der Waals surface area (Å²) in [5.74, 6) is 0.778. The minimum absolute atomic E-state index is 0.00764. The largest absolute Gasteiger partial charge is 0.328 e. The van der Waals surface area contributed by atoms with Crippen LogP contribution in [0.1, 0.15) is 49.2 Å². The van der Waals surface area contributed by atoms with Crippen LogP contribution in [-0.4, -0.2) is 20.4 Å². The first-order valence-electron chi connectivity index (χ1n) is 8.90. The molecule has 0 unspecified atom stereocenters. The first kappa shape index (κ1) is 17.9. The standard InChI is InChI=1S/C21H24N4O/c1-4-20(18-6-5-11-22-14-18)21(26)24-19-9-7-17(8-10-19)15(2)25-13-12-23-16(25)3/h5-15,20H,4H2,1-3H3,(H,24,26)/t15-,20+/m0/s1. The molecule has 2 aromatic heterocycles. The number of imidazole rings is 1. The molecule has 2 heterocycles. The SMILES string of the molecule is CC[C@@H](C(=O)Nc1ccc([C@H](C)n2ccnc2C)cc1)c1cccnc1. The second-order valence-corrected chi connectivity index (χ2v) is 6.42. The number of benzene rings is 1. The van der Waals surface area contributed by atoms with Crippen LogP contribution in [0.2, 0.25) is 0 Å². The predicted octanol–water partition coefficient (Wildman–Crippen LogP) is 4.33. The molecule has 0 spiro atoms. The topological polar surface area (TPSA) is 59.8 Å². The molecule has 0 saturated carbocycles. The predicted molar refractivity (Wildman–Crippen MR) is 103 cm³/mol. The van der Waals surface area contributed by atoms with Gasteiger partial charge in [0.1, 0.15) is 5.82 Å². The smallest absolute Gasteiger partial charge is 0.231 e. The lowest BCUT2D eigenvalue weighted by molar-refractivity contribution is -0.117. The van der Waals surface area contributed by atoms with Crippen molar-refractivity contribution >= 4 is 11.6 Å². The van der Waals surface area contributed by atoms with Crippen molar-refractivity contribution in [1.29, 1.82) is 0 Å². The van der Waals surface area contributed by atoms with E-state index < -0.39 is 0 Å². The average Bonchev–Trinajstić information content (AvgIpc) is 3.09. The molecule has 0 radical (unpaired) electrons. The van der Waals surface area contributed by atoms with E-state index in [1.807, 2.05) is 62.6 Å². The van der Waals surface area contributed by atoms with Gasteiger partial charge in [0.25, 0.3) is 0 Å². The zero-order chi connectivity index (χ0) is 18.5. The van der Waals surface area contributed by atoms with Crippen molar-refractivity contribution < 1.29 is 4.79 Å². The Balaban J connectivity index is 1.71. The Hall–Kier alpha value is -2.95. The van der Waals surface area contributed by atoms with E-state index in [4.69, 9.17) is 0 Å². The van der Waals surface area contributed by atoms with E-state index in [0.29, 0.717) is 0 Å². The van der Waals surface area contributed by atoms with Gasteiger partial charge in [0.05, 0.1) is 12.0 Å². The average molecular weight is 348 g/mol. The monoisotopic (exact) mass is 348 g/mol. The molecule has 0 bridgehead atoms. The van der Waals surface area contributed by atoms with E-state index in [1.54, 1.807) is 12.4 Å². The summed E-state index contributed by atoms with van der Waals surface area (Å²) in [5.41, 5.74) is 2.91. The molecule has 26 heavy (non-hydrogen) atoms. The van der Waals surface area contributed by atoms with Gasteiger partial charge in [-0.2, -0.15) is 0 Å². The van der Waals surface area contributed by atoms with Crippen molar-refractivity contribution in [3.05, 3.63) is 78.1 Å². The van der Waals surface area contributed by atoms with Crippen molar-refractivity contribution in [3.63, 3.8) is 0 Å². The maximum atomic E-state index is 12.6. The Labute approximate surface area is 154 Å². The van der Waals surface area contributed by atoms with E-state index in [2.05, 4.69) is 26.8 Å². The Kier molecular flexibility index (Phi) is 5.46. The fourth-order valence-electron chi connectivity index (χ4n) is 3.19. The summed E-state index contributed by atoms with van der Waals surface area (Å²) in [6, 6.07) is 12.0. The van der Waals surface area contributed by atoms with Crippen LogP contribution in [0.15, 0.2) is 61.2 Å². The lowest BCUT2D eigenvalue weighted by atomic mass is 9.97. The molecule has 1 N–H and O–H groups in total. The molecule has 2 atom stereocenters. The third-order valence-corrected chi connectivity index (χ3v) is 4.75. The summed E-state index contributed by atoms with van der Waals surface area (Å²) in [4.78, 5) is 21.0. The van der Waals surface area contributed by atoms with E-state index in [9.17, 15) is 4.79 Å². The van der Waals surface area contributed by atoms with Gasteiger partial charge in [-0.25, -0.2) is 4.98 Å². The molecule has 5 heteroatoms. The number of hydrogen-bond acceptors (Lipinski definition) is 3. The van der Waals surface area contributed by atoms with Gasteiger partial charge >= 0.3 is 0 Å². The number of aryl methyl sites for hydroxylation is 1. The molecule has 1 aromatic carbocycles. The number of amides is 1. The number of hydrogen-bond donors (Lipinski definition) is 1. The highest BCUT2D eigenvalue weighted by Crippen LogP contribution is 2.23. The van der Waals surface area contributed by atoms with E-state index in [-0.39, 0.29) is 17.9 Å². The number of aromatic nitrogens is 3. The van der Waals surface area contributed by atoms with Gasteiger partial charge in [0.15, 0.2) is 0 Å². The zero-order valence-corrected chi connectivity index (χ0v) is 15.4. The lowest BCUT2D eigenvalue weighted by Gasteiger charge is -2.17. The fraction of sp³-hybridized carbons (Fsp3) is 0.286. The van der Waals surface area contributed by atoms with Crippen LogP contribution in [0.3, 0.4) is 0 Å². The number of carbonyl (C=O) groups excluding carboxylic acids is 1. The van der Waals surface area contributed by atoms with Crippen molar-refractivity contribution in [3.8, 4) is 0 Å². The van der Waals surface area contributed by atoms with Gasteiger partial charge in [-0.15, -0.1) is 0 Å². The second-order valence-electron chi connectivity index (χ2n) is 6.42. The summed E-state index contributed by atoms with van der Waals surface area (Å²) in [5, 5.41) is 3.02. The first-order chi connectivity index (χ1) is 12.6. The number of pyridine rings is 1. The van der Waals surface area contributed by atoms with Crippen LogP contribution in [0.25, 0.3) is 0 Å². The van der Waals surface area contributed by atoms with Crippen LogP contribution in [0.4, 0.5) is 5.69 Å². The van der Waals surface area contributed by atoms with E-state index >= 15 is 0 Å². The third kappa shape index (κ3) is 3.82. The molecular formula is C21H24N4O. The van der Waals surface area contributed by atoms with Crippen LogP contribution < -0.4 is 5.32 Å². The Bertz CT molecular complexity index is 855. The highest BCUT2D eigenvalue weighted by molar-refractivity contribution is 5.95. The van der Waals surface area contributed by atoms with E-state index in [0.717, 1.165) is 23.5 Å². The van der Waals surface area contributed by atoms with E-state index in [1.165, 1.54) is 5.56 Å². The molecule has 3 rings (SSSR count). The molecule has 134 valence electrons. The van der Waals surface area contributed by atoms with Gasteiger partial charge in [0, 0.05) is 30.5 Å². The summed E-state index contributed by atoms with van der Waals surface area (Å²) >= 11 is 0. The molecule has 0 aliphatic heterocycles. The number of carbonyl (C=O) groups is 1. The quantitative estimate of drug-likeness (QED) is 0.721. The van der Waals surface area contributed by atoms with Gasteiger partial charge in [-0.05, 0) is 49.6 Å². The van der Waals surface area contributed by atoms with Gasteiger partial charge < -0.3 is 9.88 Å². The summed E-state index contributed by atoms with van der Waals surface area (Å²) in [6.45, 7) is 6.14. The summed E-state index contributed by atoms with van der Waals surface area (Å²) in [6.07, 6.45) is 7.99. The second kappa shape index (κ2) is 7.95. The molecule has 0 fully saturated rings. The zero-order valence-electron chi connectivity index (χ0n) is 15.4. The molecule has 0 aliphatic carbocycles. The summed E-state index contributed by atoms with van der Waals surface area (Å²) < 4.78 is 2.13. The fourth-order valence-corrected chi connectivity index (χ4v) is 3.19. The minimum atomic E-state index is -0.198. The van der Waals surface area contributed by atoms with Crippen LogP contribution >= 0.6 is 0 Å². The molecular weight excluding hydrogens is 324 g/mol. The van der Waals surface area contributed by atoms with Crippen LogP contribution in [0, 0.1) is 6.92 Å². The molecule has 1 amide bonds. The summed E-state index contributed by atoms with van der Waals surface area (Å²) in [7, 11) is 0. The van der Waals surface area contributed by atoms with Gasteiger partial charge in [-0.1, -0.05) is 25.1 Å². The van der Waals surface area contributed by atoms with Crippen LogP contribution in [0.5, 0.6) is 0 Å². The van der Waals surface area contributed by atoms with Crippen molar-refractivity contribution in [1.82, 2.24) is 14.5 Å². The number of nitrogens with zero attached hydrogens (tertiary/aromatic N) is 3. The Morgan fingerprint density at radius 3 is 2.50 bits per heavy atom. The Morgan fingerprint density at radius 1 is 1.15 bits per heavy atom. The van der Waals surface area contributed by atoms with Crippen molar-refractivity contribution in [2.45, 2.75) is 39.2 Å². The highest BCUT2D eigenvalue weighted by Gasteiger charge is 2.19. The number of anilines is 1. The van der Waals surface area contributed by atoms with Crippen LogP contribution in [-0.2, 0) is 4.79 Å². The lowest BCUT2D eigenvalue weighted by Crippen LogP contribution is -2.20. The maximum absolute atomic E-state index is 12.6. The maximum Gasteiger partial charge on any atom is 0.231 e. The molecule has 3 aromatic rings. The molecule has 0 aliphatic rings. The van der Waals surface area contributed by atoms with Gasteiger partial charge in [0.2, 0.25) is 5.91 Å². The first-order valence-corrected chi connectivity index (χ1v) is 8.90. The third-order valence-electron chi connectivity index (χ3n) is 4.75. The van der Waals surface area contributed by atoms with Crippen molar-refractivity contribution in [2.75, 3.05) is 5.32 Å². The van der Waals surface area contributed by atoms with Crippen molar-refractivity contribution in [2.24, 2.45) is 0 Å². The molecule has 5 nitrogen and oxygen atoms in total. The number of nitrogens with one attached hydrogen (secondary N) is 1. The number of rotatable bonds is 6. The Morgan fingerprint density at radius 2 is 1.92 bits per heavy atom. The highest BCUT2D eigenvalue weighted by atomic mass is 16.1. The normalized spacial score (nSPS) is 13.2. The minimum Gasteiger partial charge on any atom is -0.328 e.